The highest BCUT2D eigenvalue weighted by molar-refractivity contribution is 6.33. The van der Waals surface area contributed by atoms with E-state index >= 15 is 0 Å². The number of fused-ring (bicyclic) bond motifs is 1. The maximum absolute atomic E-state index is 12.8. The number of benzene rings is 2. The quantitative estimate of drug-likeness (QED) is 0.784. The topological polar surface area (TPSA) is 55.8 Å². The Hall–Kier alpha value is -2.53. The van der Waals surface area contributed by atoms with E-state index in [1.54, 1.807) is 54.5 Å². The summed E-state index contributed by atoms with van der Waals surface area (Å²) >= 11 is 6.16. The summed E-state index contributed by atoms with van der Waals surface area (Å²) in [6.45, 7) is 1.05. The fourth-order valence-electron chi connectivity index (χ4n) is 3.80. The van der Waals surface area contributed by atoms with Crippen molar-refractivity contribution in [3.05, 3.63) is 58.6 Å². The van der Waals surface area contributed by atoms with Gasteiger partial charge >= 0.3 is 0 Å². The largest absolute Gasteiger partial charge is 0.497 e. The second-order valence-corrected chi connectivity index (χ2v) is 7.43. The predicted octanol–water partition coefficient (Wildman–Crippen LogP) is 3.99. The van der Waals surface area contributed by atoms with Gasteiger partial charge in [-0.15, -0.1) is 0 Å². The Kier molecular flexibility index (Phi) is 4.56. The minimum atomic E-state index is -0.562. The van der Waals surface area contributed by atoms with Crippen molar-refractivity contribution in [1.82, 2.24) is 4.90 Å². The Morgan fingerprint density at radius 1 is 1.19 bits per heavy atom. The summed E-state index contributed by atoms with van der Waals surface area (Å²) in [6.07, 6.45) is 1.54. The number of carbonyl (C=O) groups excluding carboxylic acids is 2. The SMILES string of the molecule is COc1ccc2c(c1)OC1(CCN(C(=O)c3ccccc3Cl)CC1)CC2=O. The summed E-state index contributed by atoms with van der Waals surface area (Å²) < 4.78 is 11.5. The van der Waals surface area contributed by atoms with Gasteiger partial charge in [-0.05, 0) is 24.3 Å². The number of ether oxygens (including phenoxy) is 2. The van der Waals surface area contributed by atoms with Gasteiger partial charge in [0.1, 0.15) is 17.1 Å². The van der Waals surface area contributed by atoms with E-state index in [1.807, 2.05) is 0 Å². The molecule has 1 saturated heterocycles. The number of rotatable bonds is 2. The van der Waals surface area contributed by atoms with E-state index in [0.29, 0.717) is 60.0 Å². The van der Waals surface area contributed by atoms with Gasteiger partial charge in [0.05, 0.1) is 29.7 Å². The third kappa shape index (κ3) is 3.28. The molecule has 27 heavy (non-hydrogen) atoms. The number of halogens is 1. The Labute approximate surface area is 162 Å². The summed E-state index contributed by atoms with van der Waals surface area (Å²) in [4.78, 5) is 27.2. The summed E-state index contributed by atoms with van der Waals surface area (Å²) in [6, 6.07) is 12.3. The van der Waals surface area contributed by atoms with Gasteiger partial charge in [0.15, 0.2) is 5.78 Å². The van der Waals surface area contributed by atoms with E-state index in [0.717, 1.165) is 0 Å². The van der Waals surface area contributed by atoms with Crippen molar-refractivity contribution in [2.24, 2.45) is 0 Å². The number of amides is 1. The van der Waals surface area contributed by atoms with Gasteiger partial charge in [-0.2, -0.15) is 0 Å². The highest BCUT2D eigenvalue weighted by atomic mass is 35.5. The minimum Gasteiger partial charge on any atom is -0.497 e. The Morgan fingerprint density at radius 2 is 1.93 bits per heavy atom. The van der Waals surface area contributed by atoms with Gasteiger partial charge in [0, 0.05) is 32.0 Å². The van der Waals surface area contributed by atoms with E-state index in [9.17, 15) is 9.59 Å². The molecular weight excluding hydrogens is 366 g/mol. The molecule has 2 aromatic carbocycles. The third-order valence-electron chi connectivity index (χ3n) is 5.36. The average molecular weight is 386 g/mol. The summed E-state index contributed by atoms with van der Waals surface area (Å²) in [7, 11) is 1.58. The molecule has 0 radical (unpaired) electrons. The van der Waals surface area contributed by atoms with Gasteiger partial charge in [-0.1, -0.05) is 23.7 Å². The monoisotopic (exact) mass is 385 g/mol. The fraction of sp³-hybridized carbons (Fsp3) is 0.333. The molecular formula is C21H20ClNO4. The first kappa shape index (κ1) is 17.9. The van der Waals surface area contributed by atoms with Crippen LogP contribution in [-0.4, -0.2) is 42.4 Å². The van der Waals surface area contributed by atoms with E-state index in [2.05, 4.69) is 0 Å². The highest BCUT2D eigenvalue weighted by Crippen LogP contribution is 2.41. The van der Waals surface area contributed by atoms with Crippen LogP contribution in [0.4, 0.5) is 0 Å². The van der Waals surface area contributed by atoms with Crippen LogP contribution in [0.2, 0.25) is 5.02 Å². The van der Waals surface area contributed by atoms with Gasteiger partial charge in [-0.25, -0.2) is 0 Å². The van der Waals surface area contributed by atoms with E-state index in [4.69, 9.17) is 21.1 Å². The molecule has 4 rings (SSSR count). The van der Waals surface area contributed by atoms with Crippen molar-refractivity contribution in [2.45, 2.75) is 24.9 Å². The van der Waals surface area contributed by atoms with Gasteiger partial charge in [-0.3, -0.25) is 9.59 Å². The smallest absolute Gasteiger partial charge is 0.255 e. The normalized spacial score (nSPS) is 18.0. The van der Waals surface area contributed by atoms with Crippen molar-refractivity contribution < 1.29 is 19.1 Å². The van der Waals surface area contributed by atoms with Crippen LogP contribution in [0.1, 0.15) is 40.0 Å². The van der Waals surface area contributed by atoms with Crippen LogP contribution in [0.5, 0.6) is 11.5 Å². The van der Waals surface area contributed by atoms with E-state index in [-0.39, 0.29) is 11.7 Å². The number of likely N-dealkylation sites (tertiary alicyclic amines) is 1. The summed E-state index contributed by atoms with van der Waals surface area (Å²) in [5.41, 5.74) is 0.537. The van der Waals surface area contributed by atoms with Gasteiger partial charge < -0.3 is 14.4 Å². The van der Waals surface area contributed by atoms with Crippen LogP contribution in [0.25, 0.3) is 0 Å². The van der Waals surface area contributed by atoms with Gasteiger partial charge in [0.2, 0.25) is 0 Å². The zero-order chi connectivity index (χ0) is 19.0. The molecule has 2 aliphatic heterocycles. The number of ketones is 1. The molecule has 0 saturated carbocycles. The van der Waals surface area contributed by atoms with E-state index < -0.39 is 5.60 Å². The molecule has 1 fully saturated rings. The van der Waals surface area contributed by atoms with Crippen LogP contribution in [0, 0.1) is 0 Å². The van der Waals surface area contributed by atoms with Crippen molar-refractivity contribution in [3.8, 4) is 11.5 Å². The maximum Gasteiger partial charge on any atom is 0.255 e. The van der Waals surface area contributed by atoms with Crippen LogP contribution in [-0.2, 0) is 0 Å². The lowest BCUT2D eigenvalue weighted by atomic mass is 9.82. The number of hydrogen-bond acceptors (Lipinski definition) is 4. The lowest BCUT2D eigenvalue weighted by Crippen LogP contribution is -2.52. The number of Topliss-reactive ketones (excluding diaryl/α,β-unsaturated/α-hetero) is 1. The number of piperidine rings is 1. The second kappa shape index (κ2) is 6.89. The molecule has 0 bridgehead atoms. The number of nitrogens with zero attached hydrogens (tertiary/aromatic N) is 1. The van der Waals surface area contributed by atoms with Gasteiger partial charge in [0.25, 0.3) is 5.91 Å². The number of methoxy groups -OCH3 is 1. The highest BCUT2D eigenvalue weighted by Gasteiger charge is 2.44. The molecule has 2 heterocycles. The third-order valence-corrected chi connectivity index (χ3v) is 5.69. The minimum absolute atomic E-state index is 0.0739. The van der Waals surface area contributed by atoms with Crippen LogP contribution >= 0.6 is 11.6 Å². The Bertz CT molecular complexity index is 903. The molecule has 0 unspecified atom stereocenters. The zero-order valence-electron chi connectivity index (χ0n) is 15.0. The molecule has 2 aromatic rings. The van der Waals surface area contributed by atoms with Crippen molar-refractivity contribution in [1.29, 1.82) is 0 Å². The Morgan fingerprint density at radius 3 is 2.63 bits per heavy atom. The molecule has 5 nitrogen and oxygen atoms in total. The summed E-state index contributed by atoms with van der Waals surface area (Å²) in [5.74, 6) is 1.21. The fourth-order valence-corrected chi connectivity index (χ4v) is 4.02. The van der Waals surface area contributed by atoms with E-state index in [1.165, 1.54) is 0 Å². The molecule has 0 aromatic heterocycles. The van der Waals surface area contributed by atoms with Crippen LogP contribution in [0.15, 0.2) is 42.5 Å². The lowest BCUT2D eigenvalue weighted by Gasteiger charge is -2.44. The Balaban J connectivity index is 1.51. The average Bonchev–Trinajstić information content (AvgIpc) is 2.68. The lowest BCUT2D eigenvalue weighted by molar-refractivity contribution is -0.00580. The molecule has 0 N–H and O–H groups in total. The van der Waals surface area contributed by atoms with Crippen molar-refractivity contribution >= 4 is 23.3 Å². The second-order valence-electron chi connectivity index (χ2n) is 7.02. The molecule has 140 valence electrons. The molecule has 1 spiro atoms. The molecule has 0 atom stereocenters. The standard InChI is InChI=1S/C21H20ClNO4/c1-26-14-6-7-16-18(24)13-21(27-19(16)12-14)8-10-23(11-9-21)20(25)15-4-2-3-5-17(15)22/h2-7,12H,8-11,13H2,1H3. The number of hydrogen-bond donors (Lipinski definition) is 0. The first-order chi connectivity index (χ1) is 13.0. The van der Waals surface area contributed by atoms with Crippen LogP contribution < -0.4 is 9.47 Å². The first-order valence-corrected chi connectivity index (χ1v) is 9.33. The first-order valence-electron chi connectivity index (χ1n) is 8.95. The molecule has 0 aliphatic carbocycles. The number of carbonyl (C=O) groups is 2. The molecule has 6 heteroatoms. The molecule has 2 aliphatic rings. The zero-order valence-corrected chi connectivity index (χ0v) is 15.8. The predicted molar refractivity (Wildman–Crippen MR) is 102 cm³/mol. The van der Waals surface area contributed by atoms with Crippen molar-refractivity contribution in [2.75, 3.05) is 20.2 Å². The van der Waals surface area contributed by atoms with Crippen LogP contribution in [0.3, 0.4) is 0 Å². The maximum atomic E-state index is 12.8. The summed E-state index contributed by atoms with van der Waals surface area (Å²) in [5, 5.41) is 0.452. The van der Waals surface area contributed by atoms with Crippen molar-refractivity contribution in [3.63, 3.8) is 0 Å². The molecule has 1 amide bonds.